The van der Waals surface area contributed by atoms with Crippen molar-refractivity contribution in [2.45, 2.75) is 58.1 Å². The smallest absolute Gasteiger partial charge is 0.178 e. The van der Waals surface area contributed by atoms with Crippen LogP contribution < -0.4 is 0 Å². The molecule has 1 aliphatic carbocycles. The van der Waals surface area contributed by atoms with Crippen molar-refractivity contribution in [3.63, 3.8) is 0 Å². The predicted octanol–water partition coefficient (Wildman–Crippen LogP) is 4.27. The number of aliphatic hydroxyl groups is 1. The van der Waals surface area contributed by atoms with Crippen molar-refractivity contribution in [3.8, 4) is 6.07 Å². The lowest BCUT2D eigenvalue weighted by Gasteiger charge is -2.26. The summed E-state index contributed by atoms with van der Waals surface area (Å²) >= 11 is 0. The van der Waals surface area contributed by atoms with E-state index < -0.39 is 6.10 Å². The number of nitriles is 1. The predicted molar refractivity (Wildman–Crippen MR) is 91.3 cm³/mol. The molecule has 6 heteroatoms. The normalized spacial score (nSPS) is 16.6. The Labute approximate surface area is 140 Å². The lowest BCUT2D eigenvalue weighted by Crippen LogP contribution is -2.16. The van der Waals surface area contributed by atoms with E-state index in [1.807, 2.05) is 6.07 Å². The van der Waals surface area contributed by atoms with Gasteiger partial charge in [0, 0.05) is 19.0 Å². The molecule has 0 amide bonds. The average Bonchev–Trinajstić information content (AvgIpc) is 3.20. The van der Waals surface area contributed by atoms with Crippen LogP contribution in [0.4, 0.5) is 0 Å². The summed E-state index contributed by atoms with van der Waals surface area (Å²) in [6, 6.07) is 4.01. The van der Waals surface area contributed by atoms with Gasteiger partial charge in [0.1, 0.15) is 28.5 Å². The standard InChI is InChI=1S/C16H19N3O2.C2H3N/c1-10(20)16-18-13-9-17-12-7-8-21-15(12)14(13)19(16)11-5-3-2-4-6-11;1-2-3/h7-11,20H,2-6H2,1H3;1H3. The van der Waals surface area contributed by atoms with Crippen molar-refractivity contribution in [2.24, 2.45) is 0 Å². The highest BCUT2D eigenvalue weighted by Crippen LogP contribution is 2.36. The Hall–Kier alpha value is -2.39. The Morgan fingerprint density at radius 1 is 1.33 bits per heavy atom. The van der Waals surface area contributed by atoms with E-state index >= 15 is 0 Å². The maximum Gasteiger partial charge on any atom is 0.178 e. The first-order valence-corrected chi connectivity index (χ1v) is 8.40. The zero-order chi connectivity index (χ0) is 17.1. The second kappa shape index (κ2) is 7.02. The van der Waals surface area contributed by atoms with Gasteiger partial charge in [-0.15, -0.1) is 0 Å². The van der Waals surface area contributed by atoms with Crippen LogP contribution in [0.1, 0.15) is 63.9 Å². The van der Waals surface area contributed by atoms with Crippen LogP contribution in [0.2, 0.25) is 0 Å². The van der Waals surface area contributed by atoms with Crippen molar-refractivity contribution < 1.29 is 9.52 Å². The molecule has 0 bridgehead atoms. The van der Waals surface area contributed by atoms with Gasteiger partial charge in [-0.2, -0.15) is 5.26 Å². The van der Waals surface area contributed by atoms with Crippen LogP contribution in [0.3, 0.4) is 0 Å². The highest BCUT2D eigenvalue weighted by atomic mass is 16.3. The van der Waals surface area contributed by atoms with E-state index in [1.165, 1.54) is 26.2 Å². The molecular formula is C18H22N4O2. The van der Waals surface area contributed by atoms with Gasteiger partial charge in [-0.25, -0.2) is 4.98 Å². The summed E-state index contributed by atoms with van der Waals surface area (Å²) in [6.45, 7) is 3.20. The van der Waals surface area contributed by atoms with Crippen molar-refractivity contribution in [1.82, 2.24) is 14.5 Å². The van der Waals surface area contributed by atoms with Gasteiger partial charge in [0.2, 0.25) is 0 Å². The van der Waals surface area contributed by atoms with Crippen LogP contribution in [-0.2, 0) is 0 Å². The third-order valence-electron chi connectivity index (χ3n) is 4.46. The third kappa shape index (κ3) is 2.87. The van der Waals surface area contributed by atoms with Gasteiger partial charge < -0.3 is 14.1 Å². The molecular weight excluding hydrogens is 304 g/mol. The van der Waals surface area contributed by atoms with Crippen molar-refractivity contribution in [3.05, 3.63) is 24.4 Å². The number of imidazole rings is 1. The lowest BCUT2D eigenvalue weighted by molar-refractivity contribution is 0.178. The van der Waals surface area contributed by atoms with Crippen molar-refractivity contribution >= 4 is 22.1 Å². The van der Waals surface area contributed by atoms with E-state index in [4.69, 9.17) is 9.68 Å². The maximum atomic E-state index is 10.1. The second-order valence-electron chi connectivity index (χ2n) is 6.16. The molecule has 1 atom stereocenters. The summed E-state index contributed by atoms with van der Waals surface area (Å²) in [4.78, 5) is 8.98. The molecule has 126 valence electrons. The maximum absolute atomic E-state index is 10.1. The summed E-state index contributed by atoms with van der Waals surface area (Å²) in [7, 11) is 0. The van der Waals surface area contributed by atoms with Gasteiger partial charge in [0.15, 0.2) is 5.58 Å². The molecule has 1 aliphatic rings. The molecule has 3 aromatic heterocycles. The van der Waals surface area contributed by atoms with Gasteiger partial charge in [-0.3, -0.25) is 4.98 Å². The Morgan fingerprint density at radius 2 is 2.04 bits per heavy atom. The molecule has 1 unspecified atom stereocenters. The molecule has 1 fully saturated rings. The van der Waals surface area contributed by atoms with Gasteiger partial charge >= 0.3 is 0 Å². The number of pyridine rings is 1. The minimum Gasteiger partial charge on any atom is -0.460 e. The minimum atomic E-state index is -0.593. The fourth-order valence-electron chi connectivity index (χ4n) is 3.50. The molecule has 0 aromatic carbocycles. The quantitative estimate of drug-likeness (QED) is 0.760. The number of hydrogen-bond acceptors (Lipinski definition) is 5. The second-order valence-corrected chi connectivity index (χ2v) is 6.16. The number of furan rings is 1. The molecule has 1 saturated carbocycles. The van der Waals surface area contributed by atoms with Crippen molar-refractivity contribution in [1.29, 1.82) is 5.26 Å². The first kappa shape index (κ1) is 16.5. The summed E-state index contributed by atoms with van der Waals surface area (Å²) in [5.74, 6) is 0.725. The SMILES string of the molecule is CC#N.CC(O)c1nc2cnc3ccoc3c2n1C1CCCCC1. The monoisotopic (exact) mass is 326 g/mol. The number of hydrogen-bond donors (Lipinski definition) is 1. The van der Waals surface area contributed by atoms with Crippen LogP contribution in [0.25, 0.3) is 22.1 Å². The fourth-order valence-corrected chi connectivity index (χ4v) is 3.50. The van der Waals surface area contributed by atoms with Crippen LogP contribution in [0, 0.1) is 11.3 Å². The molecule has 24 heavy (non-hydrogen) atoms. The number of fused-ring (bicyclic) bond motifs is 3. The molecule has 0 radical (unpaired) electrons. The Morgan fingerprint density at radius 3 is 2.71 bits per heavy atom. The summed E-state index contributed by atoms with van der Waals surface area (Å²) in [6.07, 6.45) is 8.88. The van der Waals surface area contributed by atoms with E-state index in [0.29, 0.717) is 6.04 Å². The fraction of sp³-hybridized carbons (Fsp3) is 0.500. The Bertz CT molecular complexity index is 866. The van der Waals surface area contributed by atoms with E-state index in [1.54, 1.807) is 25.5 Å². The van der Waals surface area contributed by atoms with E-state index in [2.05, 4.69) is 14.5 Å². The summed E-state index contributed by atoms with van der Waals surface area (Å²) in [5, 5.41) is 17.4. The topological polar surface area (TPSA) is 87.9 Å². The number of rotatable bonds is 2. The Kier molecular flexibility index (Phi) is 4.81. The first-order chi connectivity index (χ1) is 11.7. The summed E-state index contributed by atoms with van der Waals surface area (Å²) in [5.41, 5.74) is 3.40. The van der Waals surface area contributed by atoms with Crippen molar-refractivity contribution in [2.75, 3.05) is 0 Å². The van der Waals surface area contributed by atoms with Gasteiger partial charge in [-0.05, 0) is 19.8 Å². The highest BCUT2D eigenvalue weighted by molar-refractivity contribution is 5.98. The van der Waals surface area contributed by atoms with Gasteiger partial charge in [0.25, 0.3) is 0 Å². The lowest BCUT2D eigenvalue weighted by atomic mass is 9.95. The number of aliphatic hydroxyl groups excluding tert-OH is 1. The molecule has 3 heterocycles. The number of nitrogens with zero attached hydrogens (tertiary/aromatic N) is 4. The van der Waals surface area contributed by atoms with E-state index in [0.717, 1.165) is 40.8 Å². The first-order valence-electron chi connectivity index (χ1n) is 8.40. The Balaban J connectivity index is 0.000000526. The van der Waals surface area contributed by atoms with Gasteiger partial charge in [0.05, 0.1) is 18.5 Å². The zero-order valence-electron chi connectivity index (χ0n) is 14.1. The van der Waals surface area contributed by atoms with Crippen LogP contribution in [0.15, 0.2) is 22.9 Å². The molecule has 1 N–H and O–H groups in total. The highest BCUT2D eigenvalue weighted by Gasteiger charge is 2.25. The summed E-state index contributed by atoms with van der Waals surface area (Å²) < 4.78 is 7.85. The zero-order valence-corrected chi connectivity index (χ0v) is 14.1. The van der Waals surface area contributed by atoms with Gasteiger partial charge in [-0.1, -0.05) is 19.3 Å². The molecule has 6 nitrogen and oxygen atoms in total. The van der Waals surface area contributed by atoms with Crippen LogP contribution in [0.5, 0.6) is 0 Å². The molecule has 4 rings (SSSR count). The largest absolute Gasteiger partial charge is 0.460 e. The molecule has 0 saturated heterocycles. The van der Waals surface area contributed by atoms with Crippen LogP contribution >= 0.6 is 0 Å². The molecule has 0 spiro atoms. The minimum absolute atomic E-state index is 0.393. The number of aromatic nitrogens is 3. The average molecular weight is 326 g/mol. The van der Waals surface area contributed by atoms with Crippen LogP contribution in [-0.4, -0.2) is 19.6 Å². The third-order valence-corrected chi connectivity index (χ3v) is 4.46. The molecule has 3 aromatic rings. The van der Waals surface area contributed by atoms with E-state index in [-0.39, 0.29) is 0 Å². The van der Waals surface area contributed by atoms with E-state index in [9.17, 15) is 5.11 Å². The molecule has 0 aliphatic heterocycles.